The van der Waals surface area contributed by atoms with Crippen LogP contribution in [0.15, 0.2) is 29.3 Å². The van der Waals surface area contributed by atoms with Crippen LogP contribution in [0.3, 0.4) is 0 Å². The van der Waals surface area contributed by atoms with E-state index in [1.165, 1.54) is 4.70 Å². The highest BCUT2D eigenvalue weighted by Crippen LogP contribution is 2.40. The maximum absolute atomic E-state index is 9.63. The third-order valence-corrected chi connectivity index (χ3v) is 3.49. The van der Waals surface area contributed by atoms with Gasteiger partial charge in [-0.25, -0.2) is 4.99 Å². The molecule has 2 heterocycles. The second-order valence-electron chi connectivity index (χ2n) is 3.13. The van der Waals surface area contributed by atoms with E-state index in [0.29, 0.717) is 0 Å². The summed E-state index contributed by atoms with van der Waals surface area (Å²) in [5, 5.41) is 13.9. The van der Waals surface area contributed by atoms with Gasteiger partial charge in [0.05, 0.1) is 16.9 Å². The number of nitrogens with one attached hydrogen (secondary N) is 1. The Morgan fingerprint density at radius 1 is 1.36 bits per heavy atom. The van der Waals surface area contributed by atoms with E-state index in [-0.39, 0.29) is 0 Å². The number of anilines is 1. The first-order chi connectivity index (χ1) is 6.86. The first-order valence-corrected chi connectivity index (χ1v) is 5.15. The molecule has 3 nitrogen and oxygen atoms in total. The summed E-state index contributed by atoms with van der Waals surface area (Å²) >= 11 is 1.58. The summed E-state index contributed by atoms with van der Waals surface area (Å²) in [5.41, 5.74) is 0.994. The molecule has 1 aromatic carbocycles. The van der Waals surface area contributed by atoms with Gasteiger partial charge in [-0.05, 0) is 6.07 Å². The van der Waals surface area contributed by atoms with Crippen molar-refractivity contribution in [2.45, 2.75) is 6.23 Å². The maximum atomic E-state index is 9.63. The van der Waals surface area contributed by atoms with E-state index in [1.807, 2.05) is 24.3 Å². The minimum Gasteiger partial charge on any atom is -0.367 e. The number of hydrogen-bond donors (Lipinski definition) is 2. The van der Waals surface area contributed by atoms with Crippen molar-refractivity contribution in [3.05, 3.63) is 29.1 Å². The highest BCUT2D eigenvalue weighted by molar-refractivity contribution is 7.19. The largest absolute Gasteiger partial charge is 0.367 e. The molecule has 0 saturated carbocycles. The fraction of sp³-hybridized carbons (Fsp3) is 0.100. The van der Waals surface area contributed by atoms with Crippen molar-refractivity contribution in [3.63, 3.8) is 0 Å². The lowest BCUT2D eigenvalue weighted by atomic mass is 10.2. The predicted octanol–water partition coefficient (Wildman–Crippen LogP) is 2.35. The van der Waals surface area contributed by atoms with Crippen LogP contribution < -0.4 is 5.32 Å². The van der Waals surface area contributed by atoms with Crippen LogP contribution in [-0.2, 0) is 0 Å². The molecular formula is C10H8N2OS. The number of hydrogen-bond acceptors (Lipinski definition) is 4. The zero-order valence-corrected chi connectivity index (χ0v) is 8.08. The Hall–Kier alpha value is -1.39. The van der Waals surface area contributed by atoms with Gasteiger partial charge in [0.25, 0.3) is 0 Å². The summed E-state index contributed by atoms with van der Waals surface area (Å²) in [4.78, 5) is 4.79. The van der Waals surface area contributed by atoms with Crippen LogP contribution >= 0.6 is 11.3 Å². The number of aliphatic imine (C=N–C) groups is 1. The molecule has 2 aromatic rings. The molecular weight excluding hydrogens is 196 g/mol. The van der Waals surface area contributed by atoms with Crippen molar-refractivity contribution >= 4 is 33.4 Å². The predicted molar refractivity (Wildman–Crippen MR) is 58.9 cm³/mol. The van der Waals surface area contributed by atoms with Gasteiger partial charge in [-0.2, -0.15) is 0 Å². The molecule has 1 aromatic heterocycles. The third-order valence-electron chi connectivity index (χ3n) is 2.28. The summed E-state index contributed by atoms with van der Waals surface area (Å²) in [6.45, 7) is 0. The maximum Gasteiger partial charge on any atom is 0.184 e. The van der Waals surface area contributed by atoms with E-state index in [0.717, 1.165) is 16.0 Å². The van der Waals surface area contributed by atoms with Crippen LogP contribution in [0.2, 0.25) is 0 Å². The molecule has 0 aliphatic carbocycles. The van der Waals surface area contributed by atoms with Gasteiger partial charge in [0.15, 0.2) is 6.23 Å². The molecule has 3 rings (SSSR count). The third kappa shape index (κ3) is 0.981. The molecule has 1 aliphatic heterocycles. The smallest absolute Gasteiger partial charge is 0.184 e. The van der Waals surface area contributed by atoms with Gasteiger partial charge >= 0.3 is 0 Å². The van der Waals surface area contributed by atoms with Gasteiger partial charge < -0.3 is 10.4 Å². The molecule has 70 valence electrons. The van der Waals surface area contributed by atoms with Gasteiger partial charge in [0.2, 0.25) is 0 Å². The Balaban J connectivity index is 2.35. The molecule has 0 radical (unpaired) electrons. The van der Waals surface area contributed by atoms with E-state index >= 15 is 0 Å². The highest BCUT2D eigenvalue weighted by Gasteiger charge is 2.19. The average molecular weight is 204 g/mol. The summed E-state index contributed by atoms with van der Waals surface area (Å²) < 4.78 is 1.18. The number of fused-ring (bicyclic) bond motifs is 3. The number of thiophene rings is 1. The van der Waals surface area contributed by atoms with Crippen molar-refractivity contribution in [3.8, 4) is 0 Å². The molecule has 0 saturated heterocycles. The van der Waals surface area contributed by atoms with Crippen molar-refractivity contribution in [1.82, 2.24) is 0 Å². The number of aliphatic hydroxyl groups is 1. The Labute approximate surface area is 84.7 Å². The Morgan fingerprint density at radius 3 is 3.14 bits per heavy atom. The molecule has 0 amide bonds. The lowest BCUT2D eigenvalue weighted by Crippen LogP contribution is -2.06. The van der Waals surface area contributed by atoms with Crippen molar-refractivity contribution in [2.75, 3.05) is 5.32 Å². The van der Waals surface area contributed by atoms with E-state index in [1.54, 1.807) is 17.7 Å². The zero-order valence-electron chi connectivity index (χ0n) is 7.27. The van der Waals surface area contributed by atoms with Crippen LogP contribution in [-0.4, -0.2) is 11.4 Å². The lowest BCUT2D eigenvalue weighted by molar-refractivity contribution is 0.193. The molecule has 0 unspecified atom stereocenters. The van der Waals surface area contributed by atoms with Crippen molar-refractivity contribution in [1.29, 1.82) is 0 Å². The molecule has 0 spiro atoms. The van der Waals surface area contributed by atoms with Gasteiger partial charge in [-0.1, -0.05) is 18.2 Å². The van der Waals surface area contributed by atoms with Crippen molar-refractivity contribution < 1.29 is 5.11 Å². The molecule has 1 aliphatic rings. The molecule has 4 heteroatoms. The van der Waals surface area contributed by atoms with E-state index in [2.05, 4.69) is 10.3 Å². The molecule has 1 atom stereocenters. The monoisotopic (exact) mass is 204 g/mol. The van der Waals surface area contributed by atoms with E-state index in [4.69, 9.17) is 0 Å². The first kappa shape index (κ1) is 7.96. The van der Waals surface area contributed by atoms with Crippen LogP contribution in [0.25, 0.3) is 10.1 Å². The SMILES string of the molecule is O[C@H]1N=CNc2c1sc1ccccc21. The number of nitrogens with zero attached hydrogens (tertiary/aromatic N) is 1. The fourth-order valence-electron chi connectivity index (χ4n) is 1.64. The van der Waals surface area contributed by atoms with Crippen LogP contribution in [0, 0.1) is 0 Å². The van der Waals surface area contributed by atoms with Crippen LogP contribution in [0.1, 0.15) is 11.1 Å². The Morgan fingerprint density at radius 2 is 2.21 bits per heavy atom. The lowest BCUT2D eigenvalue weighted by Gasteiger charge is -2.11. The molecule has 0 fully saturated rings. The number of benzene rings is 1. The van der Waals surface area contributed by atoms with Gasteiger partial charge in [0, 0.05) is 10.1 Å². The highest BCUT2D eigenvalue weighted by atomic mass is 32.1. The number of rotatable bonds is 0. The molecule has 2 N–H and O–H groups in total. The minimum atomic E-state index is -0.705. The van der Waals surface area contributed by atoms with Crippen molar-refractivity contribution in [2.24, 2.45) is 4.99 Å². The van der Waals surface area contributed by atoms with Gasteiger partial charge in [-0.15, -0.1) is 11.3 Å². The van der Waals surface area contributed by atoms with Crippen LogP contribution in [0.5, 0.6) is 0 Å². The second kappa shape index (κ2) is 2.80. The minimum absolute atomic E-state index is 0.705. The Kier molecular flexibility index (Phi) is 1.59. The average Bonchev–Trinajstić information content (AvgIpc) is 2.59. The Bertz CT molecular complexity index is 518. The molecule has 0 bridgehead atoms. The first-order valence-electron chi connectivity index (χ1n) is 4.34. The zero-order chi connectivity index (χ0) is 9.54. The number of aliphatic hydroxyl groups excluding tert-OH is 1. The fourth-order valence-corrected chi connectivity index (χ4v) is 2.74. The summed E-state index contributed by atoms with van der Waals surface area (Å²) in [6, 6.07) is 8.09. The van der Waals surface area contributed by atoms with Crippen LogP contribution in [0.4, 0.5) is 5.69 Å². The summed E-state index contributed by atoms with van der Waals surface area (Å²) in [6.07, 6.45) is 0.843. The molecule has 14 heavy (non-hydrogen) atoms. The topological polar surface area (TPSA) is 44.6 Å². The summed E-state index contributed by atoms with van der Waals surface area (Å²) in [5.74, 6) is 0. The van der Waals surface area contributed by atoms with E-state index in [9.17, 15) is 5.11 Å². The normalized spacial score (nSPS) is 19.4. The standard InChI is InChI=1S/C10H8N2OS/c13-10-9-8(11-5-12-10)6-3-1-2-4-7(6)14-9/h1-5,10,13H,(H,11,12)/t10-/m1/s1. The second-order valence-corrected chi connectivity index (χ2v) is 4.22. The van der Waals surface area contributed by atoms with E-state index < -0.39 is 6.23 Å². The summed E-state index contributed by atoms with van der Waals surface area (Å²) in [7, 11) is 0. The van der Waals surface area contributed by atoms with Gasteiger partial charge in [-0.3, -0.25) is 0 Å². The quantitative estimate of drug-likeness (QED) is 0.691. The van der Waals surface area contributed by atoms with Gasteiger partial charge in [0.1, 0.15) is 0 Å².